The Morgan fingerprint density at radius 1 is 1.03 bits per heavy atom. The Balaban J connectivity index is 1.43. The Morgan fingerprint density at radius 3 is 2.38 bits per heavy atom. The molecule has 202 valence electrons. The number of carbonyl (C=O) groups is 1. The number of allylic oxidation sites excluding steroid dienone is 1. The Bertz CT molecular complexity index is 1100. The summed E-state index contributed by atoms with van der Waals surface area (Å²) in [5, 5.41) is 23.7. The summed E-state index contributed by atoms with van der Waals surface area (Å²) in [6, 6.07) is 7.67. The molecule has 1 heterocycles. The van der Waals surface area contributed by atoms with Crippen LogP contribution >= 0.6 is 0 Å². The summed E-state index contributed by atoms with van der Waals surface area (Å²) in [6.07, 6.45) is 6.06. The fourth-order valence-electron chi connectivity index (χ4n) is 8.67. The number of aldehydes is 1. The Kier molecular flexibility index (Phi) is 5.86. The van der Waals surface area contributed by atoms with Crippen LogP contribution in [0.25, 0.3) is 0 Å². The van der Waals surface area contributed by atoms with E-state index in [1.165, 1.54) is 5.57 Å². The molecule has 0 radical (unpaired) electrons. The minimum Gasteiger partial charge on any atom is -0.387 e. The zero-order valence-electron chi connectivity index (χ0n) is 22.4. The molecule has 0 amide bonds. The van der Waals surface area contributed by atoms with Gasteiger partial charge in [0.2, 0.25) is 0 Å². The van der Waals surface area contributed by atoms with E-state index >= 15 is 0 Å². The molecule has 0 bridgehead atoms. The van der Waals surface area contributed by atoms with Gasteiger partial charge in [-0.05, 0) is 61.5 Å². The highest BCUT2D eigenvalue weighted by molar-refractivity contribution is 5.74. The van der Waals surface area contributed by atoms with Crippen molar-refractivity contribution >= 4 is 6.29 Å². The summed E-state index contributed by atoms with van der Waals surface area (Å²) >= 11 is 0. The standard InChI is InChI=1S/C31H41FO5/c1-27(2)18-36-31(37-19-27)13-10-25-26-22(8-11-29(25,34)16-31)24-9-12-30(35,17-32)28(24,3)14-23(26)21-6-4-20(15-33)5-7-21/h4-7,15,22-24,34-35H,8-14,16-19H2,1-3H3/t22?,23-,24?,28?,29?,30?/m1/s1. The van der Waals surface area contributed by atoms with Crippen molar-refractivity contribution < 1.29 is 28.9 Å². The first-order chi connectivity index (χ1) is 17.5. The second-order valence-corrected chi connectivity index (χ2v) is 13.7. The van der Waals surface area contributed by atoms with Crippen LogP contribution < -0.4 is 0 Å². The van der Waals surface area contributed by atoms with Gasteiger partial charge in [-0.15, -0.1) is 0 Å². The molecule has 1 aromatic rings. The molecular formula is C31H41FO5. The van der Waals surface area contributed by atoms with Gasteiger partial charge in [0.25, 0.3) is 0 Å². The van der Waals surface area contributed by atoms with E-state index in [1.807, 2.05) is 24.3 Å². The van der Waals surface area contributed by atoms with E-state index in [0.29, 0.717) is 57.3 Å². The number of aliphatic hydroxyl groups is 2. The molecule has 3 saturated carbocycles. The highest BCUT2D eigenvalue weighted by Gasteiger charge is 2.65. The van der Waals surface area contributed by atoms with E-state index in [9.17, 15) is 19.4 Å². The maximum Gasteiger partial charge on any atom is 0.171 e. The molecule has 5 nitrogen and oxygen atoms in total. The van der Waals surface area contributed by atoms with Crippen LogP contribution in [0.5, 0.6) is 0 Å². The summed E-state index contributed by atoms with van der Waals surface area (Å²) < 4.78 is 27.0. The predicted molar refractivity (Wildman–Crippen MR) is 138 cm³/mol. The van der Waals surface area contributed by atoms with E-state index in [1.54, 1.807) is 0 Å². The summed E-state index contributed by atoms with van der Waals surface area (Å²) in [4.78, 5) is 11.3. The fourth-order valence-corrected chi connectivity index (χ4v) is 8.67. The van der Waals surface area contributed by atoms with Gasteiger partial charge in [0.1, 0.15) is 13.0 Å². The second kappa shape index (κ2) is 8.45. The second-order valence-electron chi connectivity index (χ2n) is 13.7. The molecular weight excluding hydrogens is 471 g/mol. The Morgan fingerprint density at radius 2 is 1.73 bits per heavy atom. The lowest BCUT2D eigenvalue weighted by molar-refractivity contribution is -0.322. The van der Waals surface area contributed by atoms with Crippen molar-refractivity contribution in [3.05, 3.63) is 46.5 Å². The summed E-state index contributed by atoms with van der Waals surface area (Å²) in [6.45, 7) is 6.86. The largest absolute Gasteiger partial charge is 0.387 e. The molecule has 5 aliphatic rings. The molecule has 4 aliphatic carbocycles. The van der Waals surface area contributed by atoms with Crippen molar-refractivity contribution in [2.45, 2.75) is 95.0 Å². The van der Waals surface area contributed by atoms with Crippen LogP contribution in [0, 0.1) is 22.7 Å². The lowest BCUT2D eigenvalue weighted by Crippen LogP contribution is -2.58. The number of hydrogen-bond acceptors (Lipinski definition) is 5. The summed E-state index contributed by atoms with van der Waals surface area (Å²) in [5.41, 5.74) is 1.21. The SMILES string of the molecule is CC1(C)COC2(CCC3=C4C(CCC3(O)C2)C2CCC(O)(CF)C2(C)C[C@@H]4c2ccc(C=O)cc2)OC1. The predicted octanol–water partition coefficient (Wildman–Crippen LogP) is 5.49. The maximum atomic E-state index is 14.4. The third-order valence-electron chi connectivity index (χ3n) is 10.9. The van der Waals surface area contributed by atoms with Crippen LogP contribution in [0.4, 0.5) is 4.39 Å². The number of hydrogen-bond donors (Lipinski definition) is 2. The van der Waals surface area contributed by atoms with Crippen molar-refractivity contribution in [1.29, 1.82) is 0 Å². The maximum absolute atomic E-state index is 14.4. The smallest absolute Gasteiger partial charge is 0.171 e. The number of ether oxygens (including phenoxy) is 2. The quantitative estimate of drug-likeness (QED) is 0.414. The van der Waals surface area contributed by atoms with Crippen molar-refractivity contribution in [2.75, 3.05) is 19.9 Å². The highest BCUT2D eigenvalue weighted by atomic mass is 19.1. The van der Waals surface area contributed by atoms with Gasteiger partial charge in [-0.2, -0.15) is 0 Å². The first kappa shape index (κ1) is 25.7. The van der Waals surface area contributed by atoms with Crippen LogP contribution in [-0.4, -0.2) is 53.4 Å². The van der Waals surface area contributed by atoms with Gasteiger partial charge < -0.3 is 19.7 Å². The molecule has 0 aromatic heterocycles. The van der Waals surface area contributed by atoms with Crippen molar-refractivity contribution in [3.8, 4) is 0 Å². The molecule has 6 heteroatoms. The summed E-state index contributed by atoms with van der Waals surface area (Å²) in [7, 11) is 0. The van der Waals surface area contributed by atoms with Crippen molar-refractivity contribution in [2.24, 2.45) is 22.7 Å². The van der Waals surface area contributed by atoms with E-state index < -0.39 is 29.1 Å². The van der Waals surface area contributed by atoms with Crippen LogP contribution in [-0.2, 0) is 9.47 Å². The van der Waals surface area contributed by atoms with E-state index in [-0.39, 0.29) is 23.2 Å². The van der Waals surface area contributed by atoms with E-state index in [0.717, 1.165) is 30.3 Å². The monoisotopic (exact) mass is 512 g/mol. The number of carbonyl (C=O) groups excluding carboxylic acids is 1. The molecule has 1 aromatic carbocycles. The molecule has 1 spiro atoms. The molecule has 4 fully saturated rings. The molecule has 1 aliphatic heterocycles. The third-order valence-corrected chi connectivity index (χ3v) is 10.9. The zero-order chi connectivity index (χ0) is 26.3. The van der Waals surface area contributed by atoms with Crippen molar-refractivity contribution in [3.63, 3.8) is 0 Å². The highest BCUT2D eigenvalue weighted by Crippen LogP contribution is 2.68. The van der Waals surface area contributed by atoms with Gasteiger partial charge in [0.15, 0.2) is 5.79 Å². The van der Waals surface area contributed by atoms with Gasteiger partial charge in [-0.25, -0.2) is 4.39 Å². The number of halogens is 1. The summed E-state index contributed by atoms with van der Waals surface area (Å²) in [5.74, 6) is -0.393. The van der Waals surface area contributed by atoms with Gasteiger partial charge in [0.05, 0.1) is 24.4 Å². The van der Waals surface area contributed by atoms with E-state index in [2.05, 4.69) is 20.8 Å². The number of rotatable bonds is 3. The number of benzene rings is 1. The average molecular weight is 513 g/mol. The number of fused-ring (bicyclic) bond motifs is 4. The Labute approximate surface area is 219 Å². The van der Waals surface area contributed by atoms with Gasteiger partial charge in [0, 0.05) is 35.2 Å². The van der Waals surface area contributed by atoms with Gasteiger partial charge in [-0.1, -0.05) is 50.6 Å². The lowest BCUT2D eigenvalue weighted by atomic mass is 9.49. The minimum atomic E-state index is -1.32. The van der Waals surface area contributed by atoms with Crippen LogP contribution in [0.15, 0.2) is 35.4 Å². The van der Waals surface area contributed by atoms with Crippen LogP contribution in [0.3, 0.4) is 0 Å². The van der Waals surface area contributed by atoms with Crippen LogP contribution in [0.2, 0.25) is 0 Å². The van der Waals surface area contributed by atoms with Gasteiger partial charge >= 0.3 is 0 Å². The third kappa shape index (κ3) is 3.81. The Hall–Kier alpha value is -1.60. The van der Waals surface area contributed by atoms with E-state index in [4.69, 9.17) is 9.47 Å². The molecule has 6 rings (SSSR count). The number of alkyl halides is 1. The molecule has 6 atom stereocenters. The lowest BCUT2D eigenvalue weighted by Gasteiger charge is -2.58. The first-order valence-electron chi connectivity index (χ1n) is 14.0. The zero-order valence-corrected chi connectivity index (χ0v) is 22.4. The molecule has 2 N–H and O–H groups in total. The molecule has 37 heavy (non-hydrogen) atoms. The molecule has 5 unspecified atom stereocenters. The first-order valence-corrected chi connectivity index (χ1v) is 14.0. The fraction of sp³-hybridized carbons (Fsp3) is 0.710. The van der Waals surface area contributed by atoms with Gasteiger partial charge in [-0.3, -0.25) is 4.79 Å². The topological polar surface area (TPSA) is 76.0 Å². The van der Waals surface area contributed by atoms with Crippen molar-refractivity contribution in [1.82, 2.24) is 0 Å². The molecule has 1 saturated heterocycles. The van der Waals surface area contributed by atoms with Crippen LogP contribution in [0.1, 0.15) is 94.0 Å². The average Bonchev–Trinajstić information content (AvgIpc) is 3.16. The minimum absolute atomic E-state index is 0.0352. The normalized spacial score (nSPS) is 42.2.